The zero-order valence-electron chi connectivity index (χ0n) is 10.7. The SMILES string of the molecule is CCC1CCC(C)N1C(CN)CC(=O)NC. The van der Waals surface area contributed by atoms with Crippen LogP contribution in [0.5, 0.6) is 0 Å². The number of likely N-dealkylation sites (tertiary alicyclic amines) is 1. The predicted molar refractivity (Wildman–Crippen MR) is 66.1 cm³/mol. The molecule has 0 spiro atoms. The third kappa shape index (κ3) is 2.95. The molecule has 0 radical (unpaired) electrons. The van der Waals surface area contributed by atoms with Crippen LogP contribution in [-0.2, 0) is 4.79 Å². The maximum absolute atomic E-state index is 11.4. The summed E-state index contributed by atoms with van der Waals surface area (Å²) < 4.78 is 0. The Hall–Kier alpha value is -0.610. The Kier molecular flexibility index (Phi) is 5.22. The average molecular weight is 227 g/mol. The Morgan fingerprint density at radius 1 is 1.56 bits per heavy atom. The van der Waals surface area contributed by atoms with Gasteiger partial charge < -0.3 is 11.1 Å². The molecular formula is C12H25N3O. The highest BCUT2D eigenvalue weighted by Crippen LogP contribution is 2.28. The molecule has 1 aliphatic rings. The summed E-state index contributed by atoms with van der Waals surface area (Å²) in [5, 5.41) is 2.68. The van der Waals surface area contributed by atoms with Crippen LogP contribution in [0, 0.1) is 0 Å². The number of carbonyl (C=O) groups is 1. The van der Waals surface area contributed by atoms with E-state index in [2.05, 4.69) is 24.1 Å². The second-order valence-electron chi connectivity index (χ2n) is 4.70. The molecule has 3 unspecified atom stereocenters. The van der Waals surface area contributed by atoms with E-state index >= 15 is 0 Å². The first-order valence-corrected chi connectivity index (χ1v) is 6.32. The molecular weight excluding hydrogens is 202 g/mol. The molecule has 1 amide bonds. The minimum absolute atomic E-state index is 0.0874. The van der Waals surface area contributed by atoms with Gasteiger partial charge in [0.25, 0.3) is 0 Å². The largest absolute Gasteiger partial charge is 0.359 e. The second-order valence-corrected chi connectivity index (χ2v) is 4.70. The highest BCUT2D eigenvalue weighted by atomic mass is 16.1. The van der Waals surface area contributed by atoms with Gasteiger partial charge >= 0.3 is 0 Å². The van der Waals surface area contributed by atoms with Crippen molar-refractivity contribution in [2.24, 2.45) is 5.73 Å². The van der Waals surface area contributed by atoms with Crippen molar-refractivity contribution < 1.29 is 4.79 Å². The molecule has 3 N–H and O–H groups in total. The van der Waals surface area contributed by atoms with E-state index < -0.39 is 0 Å². The average Bonchev–Trinajstić information content (AvgIpc) is 2.67. The molecule has 0 saturated carbocycles. The lowest BCUT2D eigenvalue weighted by atomic mass is 10.1. The van der Waals surface area contributed by atoms with Crippen molar-refractivity contribution in [2.45, 2.75) is 57.7 Å². The third-order valence-corrected chi connectivity index (χ3v) is 3.71. The van der Waals surface area contributed by atoms with E-state index in [1.807, 2.05) is 0 Å². The fraction of sp³-hybridized carbons (Fsp3) is 0.917. The predicted octanol–water partition coefficient (Wildman–Crippen LogP) is 0.713. The van der Waals surface area contributed by atoms with Crippen molar-refractivity contribution in [1.82, 2.24) is 10.2 Å². The van der Waals surface area contributed by atoms with E-state index in [0.29, 0.717) is 25.0 Å². The first kappa shape index (κ1) is 13.5. The van der Waals surface area contributed by atoms with Crippen LogP contribution < -0.4 is 11.1 Å². The van der Waals surface area contributed by atoms with Crippen LogP contribution >= 0.6 is 0 Å². The summed E-state index contributed by atoms with van der Waals surface area (Å²) in [6.07, 6.45) is 4.13. The molecule has 1 rings (SSSR count). The molecule has 3 atom stereocenters. The summed E-state index contributed by atoms with van der Waals surface area (Å²) >= 11 is 0. The number of hydrogen-bond donors (Lipinski definition) is 2. The van der Waals surface area contributed by atoms with Gasteiger partial charge in [0, 0.05) is 38.1 Å². The lowest BCUT2D eigenvalue weighted by Crippen LogP contribution is -2.48. The van der Waals surface area contributed by atoms with Crippen molar-refractivity contribution in [2.75, 3.05) is 13.6 Å². The van der Waals surface area contributed by atoms with Crippen molar-refractivity contribution in [3.05, 3.63) is 0 Å². The van der Waals surface area contributed by atoms with Gasteiger partial charge in [-0.1, -0.05) is 6.92 Å². The Bertz CT molecular complexity index is 232. The highest BCUT2D eigenvalue weighted by molar-refractivity contribution is 5.76. The minimum atomic E-state index is 0.0874. The molecule has 4 heteroatoms. The smallest absolute Gasteiger partial charge is 0.221 e. The van der Waals surface area contributed by atoms with Gasteiger partial charge in [0.1, 0.15) is 0 Å². The van der Waals surface area contributed by atoms with Crippen LogP contribution in [0.2, 0.25) is 0 Å². The van der Waals surface area contributed by atoms with Crippen LogP contribution in [0.15, 0.2) is 0 Å². The van der Waals surface area contributed by atoms with Crippen LogP contribution in [-0.4, -0.2) is 42.5 Å². The molecule has 0 aliphatic carbocycles. The summed E-state index contributed by atoms with van der Waals surface area (Å²) in [4.78, 5) is 13.9. The summed E-state index contributed by atoms with van der Waals surface area (Å²) in [5.74, 6) is 0.0874. The maximum Gasteiger partial charge on any atom is 0.221 e. The standard InChI is InChI=1S/C12H25N3O/c1-4-10-6-5-9(2)15(10)11(8-13)7-12(16)14-3/h9-11H,4-8,13H2,1-3H3,(H,14,16). The van der Waals surface area contributed by atoms with Crippen molar-refractivity contribution in [1.29, 1.82) is 0 Å². The quantitative estimate of drug-likeness (QED) is 0.727. The molecule has 1 fully saturated rings. The lowest BCUT2D eigenvalue weighted by Gasteiger charge is -2.35. The molecule has 0 aromatic carbocycles. The zero-order chi connectivity index (χ0) is 12.1. The van der Waals surface area contributed by atoms with Gasteiger partial charge in [-0.2, -0.15) is 0 Å². The minimum Gasteiger partial charge on any atom is -0.359 e. The summed E-state index contributed by atoms with van der Waals surface area (Å²) in [5.41, 5.74) is 5.81. The summed E-state index contributed by atoms with van der Waals surface area (Å²) in [7, 11) is 1.68. The highest BCUT2D eigenvalue weighted by Gasteiger charge is 2.34. The Morgan fingerprint density at radius 2 is 2.25 bits per heavy atom. The van der Waals surface area contributed by atoms with Gasteiger partial charge in [-0.05, 0) is 26.2 Å². The Balaban J connectivity index is 2.65. The normalized spacial score (nSPS) is 28.0. The monoisotopic (exact) mass is 227 g/mol. The van der Waals surface area contributed by atoms with Gasteiger partial charge in [0.15, 0.2) is 0 Å². The molecule has 1 heterocycles. The number of rotatable bonds is 5. The maximum atomic E-state index is 11.4. The van der Waals surface area contributed by atoms with Gasteiger partial charge in [-0.15, -0.1) is 0 Å². The van der Waals surface area contributed by atoms with Gasteiger partial charge in [0.05, 0.1) is 0 Å². The number of carbonyl (C=O) groups excluding carboxylic acids is 1. The molecule has 1 saturated heterocycles. The van der Waals surface area contributed by atoms with Gasteiger partial charge in [-0.3, -0.25) is 9.69 Å². The summed E-state index contributed by atoms with van der Waals surface area (Å²) in [6, 6.07) is 1.36. The first-order chi connectivity index (χ1) is 7.63. The molecule has 16 heavy (non-hydrogen) atoms. The lowest BCUT2D eigenvalue weighted by molar-refractivity contribution is -0.122. The molecule has 0 bridgehead atoms. The van der Waals surface area contributed by atoms with Gasteiger partial charge in [0.2, 0.25) is 5.91 Å². The van der Waals surface area contributed by atoms with Crippen molar-refractivity contribution in [3.63, 3.8) is 0 Å². The number of nitrogens with one attached hydrogen (secondary N) is 1. The van der Waals surface area contributed by atoms with Crippen LogP contribution in [0.3, 0.4) is 0 Å². The van der Waals surface area contributed by atoms with E-state index in [-0.39, 0.29) is 11.9 Å². The number of hydrogen-bond acceptors (Lipinski definition) is 3. The van der Waals surface area contributed by atoms with Gasteiger partial charge in [-0.25, -0.2) is 0 Å². The fourth-order valence-electron chi connectivity index (χ4n) is 2.79. The van der Waals surface area contributed by atoms with E-state index in [0.717, 1.165) is 6.42 Å². The van der Waals surface area contributed by atoms with Crippen LogP contribution in [0.1, 0.15) is 39.5 Å². The number of nitrogens with two attached hydrogens (primary N) is 1. The molecule has 0 aromatic rings. The molecule has 1 aliphatic heterocycles. The van der Waals surface area contributed by atoms with Crippen molar-refractivity contribution >= 4 is 5.91 Å². The molecule has 0 aromatic heterocycles. The second kappa shape index (κ2) is 6.21. The zero-order valence-corrected chi connectivity index (χ0v) is 10.7. The Labute approximate surface area is 98.6 Å². The van der Waals surface area contributed by atoms with E-state index in [1.165, 1.54) is 12.8 Å². The third-order valence-electron chi connectivity index (χ3n) is 3.71. The number of amides is 1. The van der Waals surface area contributed by atoms with Crippen LogP contribution in [0.25, 0.3) is 0 Å². The molecule has 4 nitrogen and oxygen atoms in total. The topological polar surface area (TPSA) is 58.4 Å². The van der Waals surface area contributed by atoms with E-state index in [1.54, 1.807) is 7.05 Å². The van der Waals surface area contributed by atoms with Crippen molar-refractivity contribution in [3.8, 4) is 0 Å². The van der Waals surface area contributed by atoms with E-state index in [4.69, 9.17) is 5.73 Å². The summed E-state index contributed by atoms with van der Waals surface area (Å²) in [6.45, 7) is 5.01. The first-order valence-electron chi connectivity index (χ1n) is 6.32. The molecule has 94 valence electrons. The number of nitrogens with zero attached hydrogens (tertiary/aromatic N) is 1. The fourth-order valence-corrected chi connectivity index (χ4v) is 2.79. The Morgan fingerprint density at radius 3 is 2.75 bits per heavy atom. The van der Waals surface area contributed by atoms with E-state index in [9.17, 15) is 4.79 Å². The van der Waals surface area contributed by atoms with Crippen LogP contribution in [0.4, 0.5) is 0 Å².